The number of aliphatic hydroxyl groups excluding tert-OH is 1. The Kier molecular flexibility index (Phi) is 3.70. The smallest absolute Gasteiger partial charge is 0.147 e. The summed E-state index contributed by atoms with van der Waals surface area (Å²) in [5, 5.41) is 12.7. The molecular formula is C8H17NO3S. The summed E-state index contributed by atoms with van der Waals surface area (Å²) in [6.07, 6.45) is 3.04. The standard InChI is InChI=1S/C8H17NO3S/c1-13(11,12)6-4-8(10)7-3-2-5-9-7/h7-10H,2-6H2,1H3/t7-,8?/m0/s1. The molecule has 1 unspecified atom stereocenters. The molecule has 0 saturated carbocycles. The topological polar surface area (TPSA) is 66.4 Å². The van der Waals surface area contributed by atoms with Crippen molar-refractivity contribution in [3.05, 3.63) is 0 Å². The van der Waals surface area contributed by atoms with Crippen molar-refractivity contribution in [1.29, 1.82) is 0 Å². The van der Waals surface area contributed by atoms with Gasteiger partial charge in [-0.25, -0.2) is 8.42 Å². The maximum atomic E-state index is 10.8. The highest BCUT2D eigenvalue weighted by Gasteiger charge is 2.23. The number of aliphatic hydroxyl groups is 1. The third kappa shape index (κ3) is 4.06. The molecule has 4 nitrogen and oxygen atoms in total. The SMILES string of the molecule is CS(=O)(=O)CCC(O)[C@@H]1CCCN1. The fraction of sp³-hybridized carbons (Fsp3) is 1.00. The second kappa shape index (κ2) is 4.39. The fourth-order valence-electron chi connectivity index (χ4n) is 1.58. The Hall–Kier alpha value is -0.130. The van der Waals surface area contributed by atoms with Gasteiger partial charge in [-0.05, 0) is 25.8 Å². The van der Waals surface area contributed by atoms with Crippen molar-refractivity contribution in [3.63, 3.8) is 0 Å². The van der Waals surface area contributed by atoms with Crippen LogP contribution in [0.25, 0.3) is 0 Å². The average Bonchev–Trinajstić information content (AvgIpc) is 2.50. The maximum absolute atomic E-state index is 10.8. The summed E-state index contributed by atoms with van der Waals surface area (Å²) in [4.78, 5) is 0. The molecule has 2 atom stereocenters. The van der Waals surface area contributed by atoms with E-state index in [9.17, 15) is 13.5 Å². The van der Waals surface area contributed by atoms with Crippen LogP contribution in [0.5, 0.6) is 0 Å². The largest absolute Gasteiger partial charge is 0.391 e. The Bertz CT molecular complexity index is 244. The summed E-state index contributed by atoms with van der Waals surface area (Å²) in [7, 11) is -2.94. The van der Waals surface area contributed by atoms with Gasteiger partial charge >= 0.3 is 0 Å². The third-order valence-corrected chi connectivity index (χ3v) is 3.32. The summed E-state index contributed by atoms with van der Waals surface area (Å²) in [5.41, 5.74) is 0. The lowest BCUT2D eigenvalue weighted by atomic mass is 10.1. The maximum Gasteiger partial charge on any atom is 0.147 e. The molecule has 0 aromatic carbocycles. The first-order valence-electron chi connectivity index (χ1n) is 4.58. The second-order valence-corrected chi connectivity index (χ2v) is 5.95. The molecule has 5 heteroatoms. The van der Waals surface area contributed by atoms with Crippen LogP contribution in [-0.4, -0.2) is 44.2 Å². The van der Waals surface area contributed by atoms with Gasteiger partial charge in [0.1, 0.15) is 9.84 Å². The van der Waals surface area contributed by atoms with E-state index in [1.165, 1.54) is 6.26 Å². The third-order valence-electron chi connectivity index (χ3n) is 2.35. The van der Waals surface area contributed by atoms with Crippen molar-refractivity contribution < 1.29 is 13.5 Å². The van der Waals surface area contributed by atoms with Gasteiger partial charge in [-0.2, -0.15) is 0 Å². The van der Waals surface area contributed by atoms with Crippen molar-refractivity contribution in [2.45, 2.75) is 31.4 Å². The zero-order valence-corrected chi connectivity index (χ0v) is 8.68. The number of hydrogen-bond acceptors (Lipinski definition) is 4. The van der Waals surface area contributed by atoms with Crippen LogP contribution in [0.4, 0.5) is 0 Å². The summed E-state index contributed by atoms with van der Waals surface area (Å²) in [5.74, 6) is 0.0757. The zero-order chi connectivity index (χ0) is 9.90. The number of sulfone groups is 1. The Morgan fingerprint density at radius 1 is 1.62 bits per heavy atom. The Balaban J connectivity index is 2.28. The van der Waals surface area contributed by atoms with Crippen LogP contribution in [-0.2, 0) is 9.84 Å². The highest BCUT2D eigenvalue weighted by atomic mass is 32.2. The zero-order valence-electron chi connectivity index (χ0n) is 7.86. The summed E-state index contributed by atoms with van der Waals surface area (Å²) in [6, 6.07) is 0.0988. The van der Waals surface area contributed by atoms with E-state index in [-0.39, 0.29) is 11.8 Å². The quantitative estimate of drug-likeness (QED) is 0.654. The molecule has 0 amide bonds. The van der Waals surface area contributed by atoms with E-state index in [1.807, 2.05) is 0 Å². The fourth-order valence-corrected chi connectivity index (χ4v) is 2.25. The van der Waals surface area contributed by atoms with Crippen molar-refractivity contribution in [3.8, 4) is 0 Å². The lowest BCUT2D eigenvalue weighted by molar-refractivity contribution is 0.132. The Labute approximate surface area is 79.3 Å². The summed E-state index contributed by atoms with van der Waals surface area (Å²) in [6.45, 7) is 0.931. The van der Waals surface area contributed by atoms with Crippen molar-refractivity contribution >= 4 is 9.84 Å². The summed E-state index contributed by atoms with van der Waals surface area (Å²) < 4.78 is 21.6. The average molecular weight is 207 g/mol. The van der Waals surface area contributed by atoms with E-state index in [2.05, 4.69) is 5.32 Å². The highest BCUT2D eigenvalue weighted by Crippen LogP contribution is 2.12. The van der Waals surface area contributed by atoms with Gasteiger partial charge in [-0.3, -0.25) is 0 Å². The second-order valence-electron chi connectivity index (χ2n) is 3.69. The van der Waals surface area contributed by atoms with Gasteiger partial charge in [-0.1, -0.05) is 0 Å². The van der Waals surface area contributed by atoms with Gasteiger partial charge < -0.3 is 10.4 Å². The summed E-state index contributed by atoms with van der Waals surface area (Å²) >= 11 is 0. The number of rotatable bonds is 4. The predicted molar refractivity (Wildman–Crippen MR) is 51.4 cm³/mol. The van der Waals surface area contributed by atoms with Crippen LogP contribution >= 0.6 is 0 Å². The molecule has 0 aromatic heterocycles. The van der Waals surface area contributed by atoms with Gasteiger partial charge in [0, 0.05) is 12.3 Å². The van der Waals surface area contributed by atoms with Crippen LogP contribution in [0.15, 0.2) is 0 Å². The van der Waals surface area contributed by atoms with Crippen LogP contribution in [0.2, 0.25) is 0 Å². The van der Waals surface area contributed by atoms with E-state index in [1.54, 1.807) is 0 Å². The van der Waals surface area contributed by atoms with Crippen LogP contribution in [0.1, 0.15) is 19.3 Å². The first-order chi connectivity index (χ1) is 5.99. The molecule has 1 rings (SSSR count). The molecule has 2 N–H and O–H groups in total. The van der Waals surface area contributed by atoms with Gasteiger partial charge in [-0.15, -0.1) is 0 Å². The normalized spacial score (nSPS) is 26.2. The molecule has 0 spiro atoms. The molecule has 1 aliphatic heterocycles. The van der Waals surface area contributed by atoms with Crippen LogP contribution in [0, 0.1) is 0 Å². The van der Waals surface area contributed by atoms with E-state index in [0.717, 1.165) is 19.4 Å². The number of nitrogens with one attached hydrogen (secondary N) is 1. The molecular weight excluding hydrogens is 190 g/mol. The van der Waals surface area contributed by atoms with E-state index >= 15 is 0 Å². The van der Waals surface area contributed by atoms with Gasteiger partial charge in [0.15, 0.2) is 0 Å². The van der Waals surface area contributed by atoms with Gasteiger partial charge in [0.2, 0.25) is 0 Å². The van der Waals surface area contributed by atoms with Crippen molar-refractivity contribution in [2.75, 3.05) is 18.6 Å². The van der Waals surface area contributed by atoms with Crippen LogP contribution in [0.3, 0.4) is 0 Å². The Morgan fingerprint density at radius 3 is 2.77 bits per heavy atom. The molecule has 0 aliphatic carbocycles. The molecule has 78 valence electrons. The van der Waals surface area contributed by atoms with Crippen molar-refractivity contribution in [1.82, 2.24) is 5.32 Å². The molecule has 0 radical (unpaired) electrons. The van der Waals surface area contributed by atoms with Gasteiger partial charge in [0.25, 0.3) is 0 Å². The monoisotopic (exact) mass is 207 g/mol. The van der Waals surface area contributed by atoms with Gasteiger partial charge in [0.05, 0.1) is 11.9 Å². The molecule has 0 aromatic rings. The van der Waals surface area contributed by atoms with E-state index in [4.69, 9.17) is 0 Å². The molecule has 1 saturated heterocycles. The predicted octanol–water partition coefficient (Wildman–Crippen LogP) is -0.466. The number of hydrogen-bond donors (Lipinski definition) is 2. The molecule has 1 heterocycles. The van der Waals surface area contributed by atoms with Crippen molar-refractivity contribution in [2.24, 2.45) is 0 Å². The lowest BCUT2D eigenvalue weighted by Crippen LogP contribution is -2.35. The minimum absolute atomic E-state index is 0.0757. The van der Waals surface area contributed by atoms with E-state index < -0.39 is 15.9 Å². The first kappa shape index (κ1) is 10.9. The minimum atomic E-state index is -2.94. The molecule has 1 fully saturated rings. The molecule has 1 aliphatic rings. The lowest BCUT2D eigenvalue weighted by Gasteiger charge is -2.17. The first-order valence-corrected chi connectivity index (χ1v) is 6.64. The Morgan fingerprint density at radius 2 is 2.31 bits per heavy atom. The highest BCUT2D eigenvalue weighted by molar-refractivity contribution is 7.90. The van der Waals surface area contributed by atoms with Crippen LogP contribution < -0.4 is 5.32 Å². The minimum Gasteiger partial charge on any atom is -0.391 e. The van der Waals surface area contributed by atoms with E-state index in [0.29, 0.717) is 6.42 Å². The molecule has 0 bridgehead atoms. The molecule has 13 heavy (non-hydrogen) atoms.